The van der Waals surface area contributed by atoms with Crippen molar-refractivity contribution in [1.82, 2.24) is 9.88 Å². The molecule has 0 bridgehead atoms. The molecule has 1 atom stereocenters. The summed E-state index contributed by atoms with van der Waals surface area (Å²) in [5, 5.41) is 9.54. The van der Waals surface area contributed by atoms with E-state index >= 15 is 0 Å². The second-order valence-corrected chi connectivity index (χ2v) is 6.31. The topological polar surface area (TPSA) is 57.9 Å². The lowest BCUT2D eigenvalue weighted by atomic mass is 9.96. The number of benzene rings is 1. The van der Waals surface area contributed by atoms with Crippen molar-refractivity contribution in [3.63, 3.8) is 0 Å². The third-order valence-corrected chi connectivity index (χ3v) is 4.68. The van der Waals surface area contributed by atoms with Crippen LogP contribution in [0, 0.1) is 5.41 Å². The molecule has 0 fully saturated rings. The van der Waals surface area contributed by atoms with E-state index in [1.165, 1.54) is 4.57 Å². The second kappa shape index (κ2) is 5.23. The van der Waals surface area contributed by atoms with Crippen molar-refractivity contribution in [2.75, 3.05) is 0 Å². The number of hydrogen-bond acceptors (Lipinski definition) is 3. The number of alkyl halides is 6. The number of nitrogens with one attached hydrogen (secondary N) is 2. The first-order valence-corrected chi connectivity index (χ1v) is 7.47. The minimum atomic E-state index is -5.12. The summed E-state index contributed by atoms with van der Waals surface area (Å²) in [6.45, 7) is 0.139. The van der Waals surface area contributed by atoms with Gasteiger partial charge in [-0.3, -0.25) is 10.2 Å². The lowest BCUT2D eigenvalue weighted by Crippen LogP contribution is -2.40. The fraction of sp³-hybridized carbons (Fsp3) is 0.385. The molecule has 2 aromatic rings. The highest BCUT2D eigenvalue weighted by atomic mass is 32.1. The molecular formula is C13H9F6N3OS. The van der Waals surface area contributed by atoms with Crippen LogP contribution >= 0.6 is 11.3 Å². The minimum absolute atomic E-state index is 0.00572. The zero-order chi connectivity index (χ0) is 17.9. The fourth-order valence-electron chi connectivity index (χ4n) is 2.70. The van der Waals surface area contributed by atoms with Crippen LogP contribution in [0.2, 0.25) is 0 Å². The highest BCUT2D eigenvalue weighted by Gasteiger charge is 2.41. The zero-order valence-corrected chi connectivity index (χ0v) is 12.5. The Morgan fingerprint density at radius 1 is 1.25 bits per heavy atom. The molecule has 0 spiro atoms. The number of aryl methyl sites for hydroxylation is 1. The van der Waals surface area contributed by atoms with E-state index in [0.717, 1.165) is 23.5 Å². The Morgan fingerprint density at radius 3 is 2.50 bits per heavy atom. The van der Waals surface area contributed by atoms with Gasteiger partial charge in [-0.1, -0.05) is 11.3 Å². The molecule has 24 heavy (non-hydrogen) atoms. The van der Waals surface area contributed by atoms with Gasteiger partial charge >= 0.3 is 18.3 Å². The maximum absolute atomic E-state index is 13.0. The summed E-state index contributed by atoms with van der Waals surface area (Å²) < 4.78 is 78.0. The highest BCUT2D eigenvalue weighted by Crippen LogP contribution is 2.39. The third-order valence-electron chi connectivity index (χ3n) is 3.73. The van der Waals surface area contributed by atoms with Crippen molar-refractivity contribution >= 4 is 27.5 Å². The van der Waals surface area contributed by atoms with E-state index in [1.807, 2.05) is 0 Å². The van der Waals surface area contributed by atoms with Crippen LogP contribution in [-0.2, 0) is 17.5 Å². The molecule has 0 saturated heterocycles. The molecule has 2 heterocycles. The van der Waals surface area contributed by atoms with E-state index < -0.39 is 29.9 Å². The van der Waals surface area contributed by atoms with E-state index in [2.05, 4.69) is 0 Å². The van der Waals surface area contributed by atoms with Crippen molar-refractivity contribution in [1.29, 1.82) is 5.41 Å². The number of hydrogen-bond donors (Lipinski definition) is 2. The molecular weight excluding hydrogens is 360 g/mol. The predicted octanol–water partition coefficient (Wildman–Crippen LogP) is 3.32. The van der Waals surface area contributed by atoms with Gasteiger partial charge < -0.3 is 9.88 Å². The van der Waals surface area contributed by atoms with Gasteiger partial charge in [0.1, 0.15) is 0 Å². The standard InChI is InChI=1S/C13H9F6N3OS/c14-12(15,16)5-3-6-7(21-10(23)13(17,18)19)1-2-22-9(6)8(4-5)24-11(22)20/h3-4,7,20H,1-2H2,(H,21,23). The van der Waals surface area contributed by atoms with Gasteiger partial charge in [0.05, 0.1) is 21.8 Å². The van der Waals surface area contributed by atoms with Gasteiger partial charge in [0, 0.05) is 12.1 Å². The Kier molecular flexibility index (Phi) is 3.66. The fourth-order valence-corrected chi connectivity index (χ4v) is 3.71. The molecule has 0 aliphatic carbocycles. The van der Waals surface area contributed by atoms with Crippen LogP contribution in [0.15, 0.2) is 12.1 Å². The van der Waals surface area contributed by atoms with Gasteiger partial charge in [0.2, 0.25) is 0 Å². The summed E-state index contributed by atoms with van der Waals surface area (Å²) in [5.41, 5.74) is -0.818. The number of aromatic nitrogens is 1. The Hall–Kier alpha value is -2.04. The molecule has 130 valence electrons. The van der Waals surface area contributed by atoms with E-state index in [1.54, 1.807) is 5.32 Å². The number of nitrogens with zero attached hydrogens (tertiary/aromatic N) is 1. The van der Waals surface area contributed by atoms with Gasteiger partial charge in [0.15, 0.2) is 4.80 Å². The maximum Gasteiger partial charge on any atom is 0.471 e. The van der Waals surface area contributed by atoms with Crippen LogP contribution in [0.1, 0.15) is 23.6 Å². The summed E-state index contributed by atoms with van der Waals surface area (Å²) in [4.78, 5) is 11.2. The third kappa shape index (κ3) is 2.76. The number of amides is 1. The molecule has 2 N–H and O–H groups in total. The lowest BCUT2D eigenvalue weighted by Gasteiger charge is -2.26. The van der Waals surface area contributed by atoms with Crippen molar-refractivity contribution in [3.8, 4) is 0 Å². The number of halogens is 6. The maximum atomic E-state index is 13.0. The molecule has 1 amide bonds. The summed E-state index contributed by atoms with van der Waals surface area (Å²) in [6.07, 6.45) is -9.83. The van der Waals surface area contributed by atoms with E-state index in [4.69, 9.17) is 5.41 Å². The van der Waals surface area contributed by atoms with E-state index in [9.17, 15) is 31.1 Å². The Bertz CT molecular complexity index is 879. The molecule has 3 rings (SSSR count). The molecule has 1 aliphatic heterocycles. The quantitative estimate of drug-likeness (QED) is 0.745. The summed E-state index contributed by atoms with van der Waals surface area (Å²) >= 11 is 0.809. The number of carbonyl (C=O) groups is 1. The van der Waals surface area contributed by atoms with E-state index in [0.29, 0.717) is 0 Å². The smallest absolute Gasteiger partial charge is 0.341 e. The molecule has 1 aromatic heterocycles. The lowest BCUT2D eigenvalue weighted by molar-refractivity contribution is -0.174. The zero-order valence-electron chi connectivity index (χ0n) is 11.7. The molecule has 0 radical (unpaired) electrons. The predicted molar refractivity (Wildman–Crippen MR) is 72.2 cm³/mol. The minimum Gasteiger partial charge on any atom is -0.341 e. The van der Waals surface area contributed by atoms with Crippen LogP contribution in [0.5, 0.6) is 0 Å². The summed E-state index contributed by atoms with van der Waals surface area (Å²) in [5.74, 6) is -2.20. The molecule has 1 aromatic carbocycles. The first kappa shape index (κ1) is 16.8. The van der Waals surface area contributed by atoms with Crippen molar-refractivity contribution in [3.05, 3.63) is 28.1 Å². The Labute approximate surface area is 134 Å². The Balaban J connectivity index is 2.15. The molecule has 11 heteroatoms. The van der Waals surface area contributed by atoms with Crippen LogP contribution in [-0.4, -0.2) is 16.7 Å². The van der Waals surface area contributed by atoms with Gasteiger partial charge in [-0.15, -0.1) is 0 Å². The average Bonchev–Trinajstić information content (AvgIpc) is 2.76. The second-order valence-electron chi connectivity index (χ2n) is 5.28. The van der Waals surface area contributed by atoms with E-state index in [-0.39, 0.29) is 33.5 Å². The Morgan fingerprint density at radius 2 is 1.92 bits per heavy atom. The van der Waals surface area contributed by atoms with Gasteiger partial charge in [-0.05, 0) is 18.6 Å². The van der Waals surface area contributed by atoms with Crippen LogP contribution in [0.4, 0.5) is 26.3 Å². The number of thiazole rings is 1. The van der Waals surface area contributed by atoms with Gasteiger partial charge in [-0.25, -0.2) is 0 Å². The molecule has 1 unspecified atom stereocenters. The summed E-state index contributed by atoms with van der Waals surface area (Å²) in [6, 6.07) is 0.412. The van der Waals surface area contributed by atoms with Crippen LogP contribution in [0.3, 0.4) is 0 Å². The van der Waals surface area contributed by atoms with Crippen molar-refractivity contribution in [2.24, 2.45) is 0 Å². The number of carbonyl (C=O) groups excluding carboxylic acids is 1. The molecule has 0 saturated carbocycles. The highest BCUT2D eigenvalue weighted by molar-refractivity contribution is 7.16. The van der Waals surface area contributed by atoms with Gasteiger partial charge in [-0.2, -0.15) is 26.3 Å². The van der Waals surface area contributed by atoms with Gasteiger partial charge in [0.25, 0.3) is 0 Å². The average molecular weight is 369 g/mol. The molecule has 1 aliphatic rings. The SMILES string of the molecule is N=c1sc2cc(C(F)(F)F)cc3c2n1CCC3NC(=O)C(F)(F)F. The summed E-state index contributed by atoms with van der Waals surface area (Å²) in [7, 11) is 0. The van der Waals surface area contributed by atoms with Crippen molar-refractivity contribution in [2.45, 2.75) is 31.4 Å². The largest absolute Gasteiger partial charge is 0.471 e. The van der Waals surface area contributed by atoms with Crippen LogP contribution < -0.4 is 10.1 Å². The first-order chi connectivity index (χ1) is 11.0. The normalized spacial score (nSPS) is 18.0. The monoisotopic (exact) mass is 369 g/mol. The number of rotatable bonds is 1. The molecule has 4 nitrogen and oxygen atoms in total. The first-order valence-electron chi connectivity index (χ1n) is 6.65. The van der Waals surface area contributed by atoms with Crippen molar-refractivity contribution < 1.29 is 31.1 Å². The van der Waals surface area contributed by atoms with Crippen LogP contribution in [0.25, 0.3) is 10.2 Å².